The molecular formula is C12H19N3O2. The molecule has 0 aliphatic carbocycles. The number of ether oxygens (including phenoxy) is 1. The minimum atomic E-state index is -0.0912. The first kappa shape index (κ1) is 12.1. The van der Waals surface area contributed by atoms with E-state index in [1.165, 1.54) is 0 Å². The van der Waals surface area contributed by atoms with Crippen LogP contribution in [0.4, 0.5) is 11.4 Å². The zero-order chi connectivity index (χ0) is 12.1. The number of anilines is 2. The monoisotopic (exact) mass is 237 g/mol. The highest BCUT2D eigenvalue weighted by Gasteiger charge is 2.20. The highest BCUT2D eigenvalue weighted by Crippen LogP contribution is 2.20. The molecule has 1 unspecified atom stereocenters. The first-order valence-electron chi connectivity index (χ1n) is 5.99. The van der Waals surface area contributed by atoms with Gasteiger partial charge in [0.05, 0.1) is 43.1 Å². The number of rotatable bonds is 4. The molecule has 5 heteroatoms. The number of pyridine rings is 1. The van der Waals surface area contributed by atoms with Gasteiger partial charge in [-0.05, 0) is 13.0 Å². The third-order valence-corrected chi connectivity index (χ3v) is 2.81. The van der Waals surface area contributed by atoms with E-state index in [2.05, 4.69) is 28.2 Å². The molecule has 0 aromatic carbocycles. The van der Waals surface area contributed by atoms with Crippen LogP contribution in [-0.4, -0.2) is 49.0 Å². The van der Waals surface area contributed by atoms with Gasteiger partial charge in [0, 0.05) is 19.6 Å². The molecule has 0 saturated carbocycles. The maximum Gasteiger partial charge on any atom is 0.0980 e. The predicted molar refractivity (Wildman–Crippen MR) is 67.4 cm³/mol. The van der Waals surface area contributed by atoms with Crippen LogP contribution >= 0.6 is 0 Å². The van der Waals surface area contributed by atoms with Gasteiger partial charge in [-0.2, -0.15) is 0 Å². The summed E-state index contributed by atoms with van der Waals surface area (Å²) in [5, 5.41) is 12.4. The summed E-state index contributed by atoms with van der Waals surface area (Å²) in [4.78, 5) is 6.41. The number of aliphatic hydroxyl groups excluding tert-OH is 1. The smallest absolute Gasteiger partial charge is 0.0980 e. The molecule has 2 rings (SSSR count). The molecule has 0 amide bonds. The van der Waals surface area contributed by atoms with Gasteiger partial charge < -0.3 is 20.1 Å². The average Bonchev–Trinajstić information content (AvgIpc) is 2.40. The van der Waals surface area contributed by atoms with E-state index in [-0.39, 0.29) is 12.7 Å². The summed E-state index contributed by atoms with van der Waals surface area (Å²) in [6.45, 7) is 5.21. The van der Waals surface area contributed by atoms with Crippen LogP contribution in [0, 0.1) is 0 Å². The molecule has 1 aromatic rings. The zero-order valence-electron chi connectivity index (χ0n) is 10.1. The molecule has 1 aliphatic heterocycles. The molecular weight excluding hydrogens is 218 g/mol. The van der Waals surface area contributed by atoms with Gasteiger partial charge in [0.25, 0.3) is 0 Å². The van der Waals surface area contributed by atoms with Gasteiger partial charge in [-0.1, -0.05) is 0 Å². The van der Waals surface area contributed by atoms with Crippen LogP contribution in [0.3, 0.4) is 0 Å². The fourth-order valence-electron chi connectivity index (χ4n) is 1.97. The van der Waals surface area contributed by atoms with Crippen molar-refractivity contribution < 1.29 is 9.84 Å². The Bertz CT molecular complexity index is 359. The number of nitrogens with one attached hydrogen (secondary N) is 1. The van der Waals surface area contributed by atoms with E-state index in [0.717, 1.165) is 24.5 Å². The fourth-order valence-corrected chi connectivity index (χ4v) is 1.97. The van der Waals surface area contributed by atoms with Gasteiger partial charge in [0.2, 0.25) is 0 Å². The summed E-state index contributed by atoms with van der Waals surface area (Å²) in [5.41, 5.74) is 2.10. The Morgan fingerprint density at radius 1 is 1.59 bits per heavy atom. The topological polar surface area (TPSA) is 57.6 Å². The molecule has 0 bridgehead atoms. The van der Waals surface area contributed by atoms with Crippen molar-refractivity contribution in [3.05, 3.63) is 18.5 Å². The van der Waals surface area contributed by atoms with Crippen molar-refractivity contribution in [2.75, 3.05) is 43.1 Å². The zero-order valence-corrected chi connectivity index (χ0v) is 10.1. The highest BCUT2D eigenvalue weighted by atomic mass is 16.5. The second-order valence-electron chi connectivity index (χ2n) is 4.08. The fraction of sp³-hybridized carbons (Fsp3) is 0.583. The van der Waals surface area contributed by atoms with Gasteiger partial charge in [0.1, 0.15) is 0 Å². The molecule has 5 nitrogen and oxygen atoms in total. The molecule has 2 N–H and O–H groups in total. The van der Waals surface area contributed by atoms with Crippen LogP contribution in [-0.2, 0) is 4.74 Å². The Kier molecular flexibility index (Phi) is 4.17. The highest BCUT2D eigenvalue weighted by molar-refractivity contribution is 5.55. The molecule has 2 heterocycles. The second-order valence-corrected chi connectivity index (χ2v) is 4.08. The van der Waals surface area contributed by atoms with Gasteiger partial charge in [-0.3, -0.25) is 4.98 Å². The normalized spacial score (nSPS) is 20.4. The van der Waals surface area contributed by atoms with Crippen molar-refractivity contribution in [3.8, 4) is 0 Å². The van der Waals surface area contributed by atoms with E-state index >= 15 is 0 Å². The summed E-state index contributed by atoms with van der Waals surface area (Å²) in [5.74, 6) is 0. The first-order chi connectivity index (χ1) is 8.33. The number of morpholine rings is 1. The Morgan fingerprint density at radius 3 is 3.24 bits per heavy atom. The molecule has 1 aromatic heterocycles. The SMILES string of the molecule is CCNc1cncc(N2CCOC(CO)C2)c1. The molecule has 17 heavy (non-hydrogen) atoms. The first-order valence-corrected chi connectivity index (χ1v) is 5.99. The molecule has 1 atom stereocenters. The van der Waals surface area contributed by atoms with Crippen LogP contribution in [0.25, 0.3) is 0 Å². The number of aromatic nitrogens is 1. The minimum absolute atomic E-state index is 0.0663. The molecule has 1 saturated heterocycles. The van der Waals surface area contributed by atoms with Crippen LogP contribution in [0.2, 0.25) is 0 Å². The van der Waals surface area contributed by atoms with Crippen molar-refractivity contribution in [1.82, 2.24) is 4.98 Å². The lowest BCUT2D eigenvalue weighted by molar-refractivity contribution is 0.00355. The standard InChI is InChI=1S/C12H19N3O2/c1-2-14-10-5-11(7-13-6-10)15-3-4-17-12(8-15)9-16/h5-7,12,14,16H,2-4,8-9H2,1H3. The Labute approximate surface area is 101 Å². The molecule has 1 fully saturated rings. The van der Waals surface area contributed by atoms with Crippen molar-refractivity contribution >= 4 is 11.4 Å². The third-order valence-electron chi connectivity index (χ3n) is 2.81. The lowest BCUT2D eigenvalue weighted by atomic mass is 10.2. The van der Waals surface area contributed by atoms with Crippen molar-refractivity contribution in [3.63, 3.8) is 0 Å². The van der Waals surface area contributed by atoms with Crippen molar-refractivity contribution in [2.45, 2.75) is 13.0 Å². The van der Waals surface area contributed by atoms with E-state index in [0.29, 0.717) is 13.2 Å². The van der Waals surface area contributed by atoms with E-state index in [9.17, 15) is 0 Å². The van der Waals surface area contributed by atoms with Crippen LogP contribution < -0.4 is 10.2 Å². The molecule has 0 radical (unpaired) electrons. The average molecular weight is 237 g/mol. The summed E-state index contributed by atoms with van der Waals surface area (Å²) in [6, 6.07) is 2.08. The van der Waals surface area contributed by atoms with Gasteiger partial charge in [0.15, 0.2) is 0 Å². The lowest BCUT2D eigenvalue weighted by Crippen LogP contribution is -2.44. The summed E-state index contributed by atoms with van der Waals surface area (Å²) >= 11 is 0. The second kappa shape index (κ2) is 5.84. The third kappa shape index (κ3) is 3.08. The number of hydrogen-bond donors (Lipinski definition) is 2. The number of hydrogen-bond acceptors (Lipinski definition) is 5. The summed E-state index contributed by atoms with van der Waals surface area (Å²) < 4.78 is 5.43. The van der Waals surface area contributed by atoms with Gasteiger partial charge >= 0.3 is 0 Å². The molecule has 94 valence electrons. The van der Waals surface area contributed by atoms with Gasteiger partial charge in [-0.15, -0.1) is 0 Å². The van der Waals surface area contributed by atoms with Crippen molar-refractivity contribution in [1.29, 1.82) is 0 Å². The number of nitrogens with zero attached hydrogens (tertiary/aromatic N) is 2. The van der Waals surface area contributed by atoms with E-state index in [1.54, 1.807) is 0 Å². The molecule has 0 spiro atoms. The Hall–Kier alpha value is -1.33. The maximum atomic E-state index is 9.11. The number of aliphatic hydroxyl groups is 1. The van der Waals surface area contributed by atoms with E-state index in [4.69, 9.17) is 9.84 Å². The van der Waals surface area contributed by atoms with Crippen LogP contribution in [0.15, 0.2) is 18.5 Å². The maximum absolute atomic E-state index is 9.11. The lowest BCUT2D eigenvalue weighted by Gasteiger charge is -2.33. The minimum Gasteiger partial charge on any atom is -0.394 e. The van der Waals surface area contributed by atoms with Crippen LogP contribution in [0.1, 0.15) is 6.92 Å². The van der Waals surface area contributed by atoms with Crippen LogP contribution in [0.5, 0.6) is 0 Å². The summed E-state index contributed by atoms with van der Waals surface area (Å²) in [7, 11) is 0. The largest absolute Gasteiger partial charge is 0.394 e. The Morgan fingerprint density at radius 2 is 2.47 bits per heavy atom. The Balaban J connectivity index is 2.07. The molecule has 1 aliphatic rings. The van der Waals surface area contributed by atoms with Crippen molar-refractivity contribution in [2.24, 2.45) is 0 Å². The van der Waals surface area contributed by atoms with E-state index in [1.807, 2.05) is 12.4 Å². The summed E-state index contributed by atoms with van der Waals surface area (Å²) in [6.07, 6.45) is 3.57. The van der Waals surface area contributed by atoms with E-state index < -0.39 is 0 Å². The quantitative estimate of drug-likeness (QED) is 0.807. The van der Waals surface area contributed by atoms with Gasteiger partial charge in [-0.25, -0.2) is 0 Å². The predicted octanol–water partition coefficient (Wildman–Crippen LogP) is 0.711.